The topological polar surface area (TPSA) is 0 Å². The Morgan fingerprint density at radius 3 is 1.00 bits per heavy atom. The van der Waals surface area contributed by atoms with Gasteiger partial charge >= 0.3 is 35.0 Å². The minimum absolute atomic E-state index is 0.106. The first-order valence-corrected chi connectivity index (χ1v) is 7.58. The molecular weight excluding hydrogens is 297 g/mol. The average molecular weight is 308 g/mol. The van der Waals surface area contributed by atoms with Crippen molar-refractivity contribution in [3.63, 3.8) is 0 Å². The molecule has 2 rings (SSSR count). The van der Waals surface area contributed by atoms with Crippen LogP contribution in [0.4, 0.5) is 0 Å². The maximum Gasteiger partial charge on any atom is -0.172 e. The predicted octanol–water partition coefficient (Wildman–Crippen LogP) is 4.19. The monoisotopic (exact) mass is 306 g/mol. The molecule has 2 aromatic rings. The van der Waals surface area contributed by atoms with E-state index >= 15 is 0 Å². The van der Waals surface area contributed by atoms with E-state index < -0.39 is 0 Å². The molecule has 0 aliphatic heterocycles. The van der Waals surface area contributed by atoms with E-state index in [1.165, 1.54) is 0 Å². The van der Waals surface area contributed by atoms with Gasteiger partial charge in [-0.15, -0.1) is 0 Å². The van der Waals surface area contributed by atoms with Gasteiger partial charge in [-0.25, -0.2) is 24.3 Å². The van der Waals surface area contributed by atoms with Gasteiger partial charge in [-0.2, -0.15) is 36.4 Å². The average Bonchev–Trinajstić information content (AvgIpc) is 2.85. The van der Waals surface area contributed by atoms with Crippen LogP contribution < -0.4 is 0 Å². The van der Waals surface area contributed by atoms with Crippen molar-refractivity contribution in [2.75, 3.05) is 0 Å². The molecule has 0 aliphatic rings. The standard InChI is InChI=1S/2C5H5.2ClH.Pd/c2*1-2-4-5-3-1;;;/h2*1-5H;2*1H;/q2*-1;;;+2/p-2. The first-order valence-electron chi connectivity index (χ1n) is 3.57. The smallest absolute Gasteiger partial charge is 0.172 e. The Labute approximate surface area is 95.3 Å². The van der Waals surface area contributed by atoms with Gasteiger partial charge in [0.25, 0.3) is 0 Å². The summed E-state index contributed by atoms with van der Waals surface area (Å²) in [5.41, 5.74) is 0. The van der Waals surface area contributed by atoms with Gasteiger partial charge in [0.1, 0.15) is 0 Å². The first-order chi connectivity index (χ1) is 6.41. The molecule has 0 amide bonds. The van der Waals surface area contributed by atoms with Crippen LogP contribution in [0.2, 0.25) is 0 Å². The van der Waals surface area contributed by atoms with Crippen molar-refractivity contribution in [1.29, 1.82) is 0 Å². The van der Waals surface area contributed by atoms with Crippen molar-refractivity contribution >= 4 is 19.1 Å². The SMILES string of the molecule is [Cl][Pd][Cl].c1cc[cH-]c1.c1cc[cH-]c1. The summed E-state index contributed by atoms with van der Waals surface area (Å²) < 4.78 is 0. The van der Waals surface area contributed by atoms with Gasteiger partial charge in [0.05, 0.1) is 0 Å². The van der Waals surface area contributed by atoms with Crippen LogP contribution in [0.5, 0.6) is 0 Å². The van der Waals surface area contributed by atoms with Gasteiger partial charge in [-0.1, -0.05) is 0 Å². The van der Waals surface area contributed by atoms with Gasteiger partial charge in [-0.3, -0.25) is 0 Å². The summed E-state index contributed by atoms with van der Waals surface area (Å²) in [5, 5.41) is 0. The molecule has 0 fully saturated rings. The van der Waals surface area contributed by atoms with Crippen molar-refractivity contribution in [2.24, 2.45) is 0 Å². The second kappa shape index (κ2) is 11.9. The number of hydrogen-bond donors (Lipinski definition) is 0. The van der Waals surface area contributed by atoms with Crippen LogP contribution >= 0.6 is 19.1 Å². The molecule has 13 heavy (non-hydrogen) atoms. The van der Waals surface area contributed by atoms with Crippen LogP contribution in [0.25, 0.3) is 0 Å². The van der Waals surface area contributed by atoms with Gasteiger partial charge in [0, 0.05) is 0 Å². The fraction of sp³-hybridized carbons (Fsp3) is 0. The van der Waals surface area contributed by atoms with E-state index in [-0.39, 0.29) is 15.9 Å². The largest absolute Gasteiger partial charge is 0.214 e. The molecule has 3 heteroatoms. The number of halogens is 2. The molecular formula is C10H10Cl2Pd-2. The van der Waals surface area contributed by atoms with E-state index in [0.29, 0.717) is 0 Å². The Kier molecular flexibility index (Phi) is 11.9. The Morgan fingerprint density at radius 2 is 0.923 bits per heavy atom. The first kappa shape index (κ1) is 12.9. The molecule has 0 N–H and O–H groups in total. The zero-order chi connectivity index (χ0) is 9.78. The third kappa shape index (κ3) is 11.9. The molecule has 0 aromatic heterocycles. The minimum atomic E-state index is -0.106. The summed E-state index contributed by atoms with van der Waals surface area (Å²) in [7, 11) is 9.63. The molecule has 0 saturated carbocycles. The zero-order valence-electron chi connectivity index (χ0n) is 6.85. The maximum atomic E-state index is 4.81. The summed E-state index contributed by atoms with van der Waals surface area (Å²) in [6.07, 6.45) is 0. The van der Waals surface area contributed by atoms with Gasteiger partial charge in [-0.05, 0) is 0 Å². The summed E-state index contributed by atoms with van der Waals surface area (Å²) in [4.78, 5) is 0. The molecule has 76 valence electrons. The molecule has 0 unspecified atom stereocenters. The molecule has 0 radical (unpaired) electrons. The second-order valence-electron chi connectivity index (χ2n) is 1.97. The van der Waals surface area contributed by atoms with E-state index in [1.807, 2.05) is 60.7 Å². The summed E-state index contributed by atoms with van der Waals surface area (Å²) in [6, 6.07) is 20.0. The minimum Gasteiger partial charge on any atom is -0.214 e. The van der Waals surface area contributed by atoms with Crippen molar-refractivity contribution < 1.29 is 15.9 Å². The molecule has 0 saturated heterocycles. The number of hydrogen-bond acceptors (Lipinski definition) is 0. The Hall–Kier alpha value is -0.0577. The fourth-order valence-electron chi connectivity index (χ4n) is 0.642. The van der Waals surface area contributed by atoms with Crippen LogP contribution in [0.15, 0.2) is 60.7 Å². The summed E-state index contributed by atoms with van der Waals surface area (Å²) >= 11 is -0.106. The fourth-order valence-corrected chi connectivity index (χ4v) is 0.642. The summed E-state index contributed by atoms with van der Waals surface area (Å²) in [5.74, 6) is 0. The van der Waals surface area contributed by atoms with Crippen LogP contribution in [0.1, 0.15) is 0 Å². The third-order valence-electron chi connectivity index (χ3n) is 1.11. The molecule has 2 aromatic carbocycles. The Bertz CT molecular complexity index is 165. The van der Waals surface area contributed by atoms with E-state index in [2.05, 4.69) is 0 Å². The van der Waals surface area contributed by atoms with Crippen molar-refractivity contribution in [3.8, 4) is 0 Å². The van der Waals surface area contributed by atoms with Crippen molar-refractivity contribution in [2.45, 2.75) is 0 Å². The normalized spacial score (nSPS) is 7.85. The van der Waals surface area contributed by atoms with Crippen molar-refractivity contribution in [1.82, 2.24) is 0 Å². The van der Waals surface area contributed by atoms with Gasteiger partial charge in [0.2, 0.25) is 0 Å². The van der Waals surface area contributed by atoms with Crippen LogP contribution in [-0.2, 0) is 15.9 Å². The van der Waals surface area contributed by atoms with E-state index in [0.717, 1.165) is 0 Å². The second-order valence-corrected chi connectivity index (χ2v) is 4.33. The van der Waals surface area contributed by atoms with Crippen LogP contribution in [-0.4, -0.2) is 0 Å². The van der Waals surface area contributed by atoms with Crippen LogP contribution in [0, 0.1) is 0 Å². The van der Waals surface area contributed by atoms with E-state index in [4.69, 9.17) is 19.1 Å². The maximum absolute atomic E-state index is 4.81. The molecule has 0 spiro atoms. The summed E-state index contributed by atoms with van der Waals surface area (Å²) in [6.45, 7) is 0. The van der Waals surface area contributed by atoms with Gasteiger partial charge in [0.15, 0.2) is 0 Å². The zero-order valence-corrected chi connectivity index (χ0v) is 9.91. The quantitative estimate of drug-likeness (QED) is 0.506. The Balaban J connectivity index is 0.000000174. The third-order valence-corrected chi connectivity index (χ3v) is 1.11. The van der Waals surface area contributed by atoms with Crippen molar-refractivity contribution in [3.05, 3.63) is 60.7 Å². The molecule has 0 heterocycles. The number of rotatable bonds is 0. The van der Waals surface area contributed by atoms with E-state index in [1.54, 1.807) is 0 Å². The van der Waals surface area contributed by atoms with Gasteiger partial charge < -0.3 is 0 Å². The molecule has 0 bridgehead atoms. The molecule has 0 aliphatic carbocycles. The Morgan fingerprint density at radius 1 is 0.692 bits per heavy atom. The predicted molar refractivity (Wildman–Crippen MR) is 55.8 cm³/mol. The molecule has 0 atom stereocenters. The van der Waals surface area contributed by atoms with E-state index in [9.17, 15) is 0 Å². The van der Waals surface area contributed by atoms with Crippen LogP contribution in [0.3, 0.4) is 0 Å². The molecule has 0 nitrogen and oxygen atoms in total.